The van der Waals surface area contributed by atoms with Crippen LogP contribution in [0.25, 0.3) is 23.3 Å². The third kappa shape index (κ3) is 2.57. The number of hydrogen-bond donors (Lipinski definition) is 0. The van der Waals surface area contributed by atoms with Gasteiger partial charge in [0.05, 0.1) is 11.2 Å². The molecular formula is C25H29BO2. The van der Waals surface area contributed by atoms with E-state index in [4.69, 9.17) is 9.31 Å². The molecule has 0 N–H and O–H groups in total. The molecule has 28 heavy (non-hydrogen) atoms. The minimum absolute atomic E-state index is 0.0955. The minimum atomic E-state index is -0.345. The quantitative estimate of drug-likeness (QED) is 0.655. The van der Waals surface area contributed by atoms with Crippen LogP contribution in [0.1, 0.15) is 63.8 Å². The van der Waals surface area contributed by atoms with E-state index in [-0.39, 0.29) is 23.7 Å². The molecule has 0 atom stereocenters. The highest BCUT2D eigenvalue weighted by molar-refractivity contribution is 6.62. The molecule has 1 aliphatic heterocycles. The lowest BCUT2D eigenvalue weighted by atomic mass is 9.74. The standard InChI is InChI=1S/C25H29BO2/c1-9-16-13-20-19-12-11-18(26-27-24(5,6)25(7,8)28-26)15-22(19)23(3,4)21(20)14-17(16)10-2/h9-15H,1-2H2,3-8H3. The Hall–Kier alpha value is -2.10. The molecule has 1 fully saturated rings. The van der Waals surface area contributed by atoms with Gasteiger partial charge < -0.3 is 9.31 Å². The van der Waals surface area contributed by atoms with Crippen molar-refractivity contribution in [1.29, 1.82) is 0 Å². The molecule has 2 aliphatic rings. The fourth-order valence-corrected chi connectivity index (χ4v) is 4.31. The van der Waals surface area contributed by atoms with Crippen LogP contribution in [0.15, 0.2) is 43.5 Å². The number of rotatable bonds is 3. The van der Waals surface area contributed by atoms with Crippen LogP contribution in [0.5, 0.6) is 0 Å². The zero-order chi connectivity index (χ0) is 20.5. The van der Waals surface area contributed by atoms with E-state index in [2.05, 4.69) is 85.0 Å². The summed E-state index contributed by atoms with van der Waals surface area (Å²) in [4.78, 5) is 0. The molecule has 0 radical (unpaired) electrons. The van der Waals surface area contributed by atoms with Crippen LogP contribution in [0.2, 0.25) is 0 Å². The predicted octanol–water partition coefficient (Wildman–Crippen LogP) is 5.58. The molecule has 1 aliphatic carbocycles. The van der Waals surface area contributed by atoms with Gasteiger partial charge in [-0.2, -0.15) is 0 Å². The first kappa shape index (κ1) is 19.2. The highest BCUT2D eigenvalue weighted by atomic mass is 16.7. The smallest absolute Gasteiger partial charge is 0.399 e. The van der Waals surface area contributed by atoms with Gasteiger partial charge in [0.2, 0.25) is 0 Å². The van der Waals surface area contributed by atoms with E-state index >= 15 is 0 Å². The van der Waals surface area contributed by atoms with Crippen molar-refractivity contribution in [2.75, 3.05) is 0 Å². The molecule has 1 saturated heterocycles. The van der Waals surface area contributed by atoms with Crippen molar-refractivity contribution in [3.63, 3.8) is 0 Å². The highest BCUT2D eigenvalue weighted by Gasteiger charge is 2.52. The average Bonchev–Trinajstić information content (AvgIpc) is 2.99. The van der Waals surface area contributed by atoms with Gasteiger partial charge in [0.1, 0.15) is 0 Å². The van der Waals surface area contributed by atoms with E-state index < -0.39 is 0 Å². The maximum atomic E-state index is 6.28. The van der Waals surface area contributed by atoms with Crippen molar-refractivity contribution in [3.05, 3.63) is 65.7 Å². The molecule has 2 aromatic carbocycles. The third-order valence-corrected chi connectivity index (χ3v) is 6.87. The zero-order valence-electron chi connectivity index (χ0n) is 17.8. The zero-order valence-corrected chi connectivity index (χ0v) is 17.8. The van der Waals surface area contributed by atoms with Crippen LogP contribution >= 0.6 is 0 Å². The van der Waals surface area contributed by atoms with Gasteiger partial charge in [0.25, 0.3) is 0 Å². The lowest BCUT2D eigenvalue weighted by Crippen LogP contribution is -2.41. The summed E-state index contributed by atoms with van der Waals surface area (Å²) in [7, 11) is -0.345. The van der Waals surface area contributed by atoms with Crippen LogP contribution in [-0.2, 0) is 14.7 Å². The molecule has 2 nitrogen and oxygen atoms in total. The fraction of sp³-hybridized carbons (Fsp3) is 0.360. The van der Waals surface area contributed by atoms with Gasteiger partial charge in [-0.3, -0.25) is 0 Å². The van der Waals surface area contributed by atoms with Gasteiger partial charge in [-0.1, -0.05) is 57.4 Å². The van der Waals surface area contributed by atoms with E-state index in [1.54, 1.807) is 0 Å². The predicted molar refractivity (Wildman–Crippen MR) is 120 cm³/mol. The Balaban J connectivity index is 1.82. The summed E-state index contributed by atoms with van der Waals surface area (Å²) in [6.07, 6.45) is 3.81. The molecule has 0 saturated carbocycles. The van der Waals surface area contributed by atoms with Gasteiger partial charge in [-0.25, -0.2) is 0 Å². The topological polar surface area (TPSA) is 18.5 Å². The van der Waals surface area contributed by atoms with E-state index in [0.717, 1.165) is 16.6 Å². The first-order valence-electron chi connectivity index (χ1n) is 9.95. The maximum absolute atomic E-state index is 6.28. The Morgan fingerprint density at radius 3 is 1.86 bits per heavy atom. The molecular weight excluding hydrogens is 343 g/mol. The van der Waals surface area contributed by atoms with Crippen LogP contribution in [0.4, 0.5) is 0 Å². The van der Waals surface area contributed by atoms with E-state index in [1.165, 1.54) is 22.3 Å². The molecule has 144 valence electrons. The maximum Gasteiger partial charge on any atom is 0.494 e. The van der Waals surface area contributed by atoms with Crippen LogP contribution in [-0.4, -0.2) is 18.3 Å². The molecule has 2 aromatic rings. The van der Waals surface area contributed by atoms with E-state index in [0.29, 0.717) is 0 Å². The summed E-state index contributed by atoms with van der Waals surface area (Å²) in [6, 6.07) is 11.1. The largest absolute Gasteiger partial charge is 0.494 e. The Morgan fingerprint density at radius 1 is 0.750 bits per heavy atom. The second-order valence-electron chi connectivity index (χ2n) is 9.45. The van der Waals surface area contributed by atoms with Crippen LogP contribution < -0.4 is 5.46 Å². The fourth-order valence-electron chi connectivity index (χ4n) is 4.31. The SMILES string of the molecule is C=Cc1cc2c(cc1C=C)C(C)(C)c1cc(B3OC(C)(C)C(C)(C)O3)ccc1-2. The van der Waals surface area contributed by atoms with Gasteiger partial charge in [0, 0.05) is 5.41 Å². The molecule has 0 aromatic heterocycles. The summed E-state index contributed by atoms with van der Waals surface area (Å²) >= 11 is 0. The molecule has 4 rings (SSSR count). The molecule has 1 heterocycles. The minimum Gasteiger partial charge on any atom is -0.399 e. The van der Waals surface area contributed by atoms with Crippen molar-refractivity contribution in [2.24, 2.45) is 0 Å². The summed E-state index contributed by atoms with van der Waals surface area (Å²) in [5.41, 5.74) is 7.74. The molecule has 0 spiro atoms. The monoisotopic (exact) mass is 372 g/mol. The van der Waals surface area contributed by atoms with Gasteiger partial charge >= 0.3 is 7.12 Å². The summed E-state index contributed by atoms with van der Waals surface area (Å²) in [6.45, 7) is 20.9. The van der Waals surface area contributed by atoms with Crippen molar-refractivity contribution in [3.8, 4) is 11.1 Å². The van der Waals surface area contributed by atoms with Gasteiger partial charge in [0.15, 0.2) is 0 Å². The Kier molecular flexibility index (Phi) is 4.09. The Labute approximate surface area is 169 Å². The number of fused-ring (bicyclic) bond motifs is 3. The van der Waals surface area contributed by atoms with E-state index in [9.17, 15) is 0 Å². The number of benzene rings is 2. The third-order valence-electron chi connectivity index (χ3n) is 6.87. The van der Waals surface area contributed by atoms with E-state index in [1.807, 2.05) is 12.2 Å². The van der Waals surface area contributed by atoms with Crippen LogP contribution in [0, 0.1) is 0 Å². The highest BCUT2D eigenvalue weighted by Crippen LogP contribution is 2.49. The number of hydrogen-bond acceptors (Lipinski definition) is 2. The van der Waals surface area contributed by atoms with Crippen molar-refractivity contribution < 1.29 is 9.31 Å². The lowest BCUT2D eigenvalue weighted by Gasteiger charge is -2.32. The van der Waals surface area contributed by atoms with Crippen molar-refractivity contribution in [1.82, 2.24) is 0 Å². The Morgan fingerprint density at radius 2 is 1.29 bits per heavy atom. The molecule has 0 amide bonds. The average molecular weight is 372 g/mol. The second kappa shape index (κ2) is 5.95. The van der Waals surface area contributed by atoms with Crippen molar-refractivity contribution in [2.45, 2.75) is 58.2 Å². The summed E-state index contributed by atoms with van der Waals surface area (Å²) in [5, 5.41) is 0. The normalized spacial score (nSPS) is 20.6. The second-order valence-corrected chi connectivity index (χ2v) is 9.45. The lowest BCUT2D eigenvalue weighted by molar-refractivity contribution is 0.00578. The first-order chi connectivity index (χ1) is 13.0. The van der Waals surface area contributed by atoms with Crippen LogP contribution in [0.3, 0.4) is 0 Å². The summed E-state index contributed by atoms with van der Waals surface area (Å²) < 4.78 is 12.6. The summed E-state index contributed by atoms with van der Waals surface area (Å²) in [5.74, 6) is 0. The molecule has 0 bridgehead atoms. The Bertz CT molecular complexity index is 982. The van der Waals surface area contributed by atoms with Gasteiger partial charge in [-0.05, 0) is 78.7 Å². The molecule has 0 unspecified atom stereocenters. The van der Waals surface area contributed by atoms with Gasteiger partial charge in [-0.15, -0.1) is 0 Å². The molecule has 3 heteroatoms. The van der Waals surface area contributed by atoms with Crippen molar-refractivity contribution >= 4 is 24.7 Å². The first-order valence-corrected chi connectivity index (χ1v) is 9.95.